The number of hydrogen-bond donors (Lipinski definition) is 2. The van der Waals surface area contributed by atoms with Crippen LogP contribution in [0.2, 0.25) is 0 Å². The quantitative estimate of drug-likeness (QED) is 0.298. The maximum atomic E-state index is 6.84. The summed E-state index contributed by atoms with van der Waals surface area (Å²) in [4.78, 5) is 0. The summed E-state index contributed by atoms with van der Waals surface area (Å²) in [6, 6.07) is 23.7. The van der Waals surface area contributed by atoms with Crippen LogP contribution < -0.4 is 20.9 Å². The van der Waals surface area contributed by atoms with Crippen LogP contribution >= 0.6 is 23.2 Å². The summed E-state index contributed by atoms with van der Waals surface area (Å²) in [7, 11) is 0. The van der Waals surface area contributed by atoms with Crippen molar-refractivity contribution in [3.8, 4) is 11.5 Å². The van der Waals surface area contributed by atoms with Gasteiger partial charge in [-0.05, 0) is 41.5 Å². The van der Waals surface area contributed by atoms with Gasteiger partial charge in [0, 0.05) is 29.6 Å². The van der Waals surface area contributed by atoms with Gasteiger partial charge < -0.3 is 20.9 Å². The average Bonchev–Trinajstić information content (AvgIpc) is 2.71. The third kappa shape index (κ3) is 4.11. The average molecular weight is 439 g/mol. The highest BCUT2D eigenvalue weighted by Crippen LogP contribution is 2.46. The predicted octanol–water partition coefficient (Wildman–Crippen LogP) is 5.83. The first-order chi connectivity index (χ1) is 14.4. The monoisotopic (exact) mass is 438 g/mol. The number of halogens is 2. The third-order valence-corrected chi connectivity index (χ3v) is 5.39. The van der Waals surface area contributed by atoms with Crippen molar-refractivity contribution in [3.05, 3.63) is 103 Å². The fourth-order valence-corrected chi connectivity index (χ4v) is 3.71. The molecular formula is C24H20Cl2N2O2. The Kier molecular flexibility index (Phi) is 5.37. The molecule has 0 heterocycles. The van der Waals surface area contributed by atoms with Crippen LogP contribution in [0.5, 0.6) is 11.5 Å². The van der Waals surface area contributed by atoms with E-state index < -0.39 is 10.1 Å². The molecular weight excluding hydrogens is 419 g/mol. The number of nitrogen functional groups attached to an aromatic ring is 2. The summed E-state index contributed by atoms with van der Waals surface area (Å²) in [5.41, 5.74) is 14.7. The minimum atomic E-state index is -1.57. The van der Waals surface area contributed by atoms with Gasteiger partial charge in [0.2, 0.25) is 4.33 Å². The molecule has 0 saturated heterocycles. The second kappa shape index (κ2) is 7.98. The van der Waals surface area contributed by atoms with Crippen LogP contribution in [0.1, 0.15) is 5.56 Å². The van der Waals surface area contributed by atoms with Gasteiger partial charge >= 0.3 is 5.79 Å². The molecule has 0 aliphatic heterocycles. The molecule has 0 bridgehead atoms. The van der Waals surface area contributed by atoms with Crippen molar-refractivity contribution in [1.82, 2.24) is 0 Å². The first-order valence-electron chi connectivity index (χ1n) is 9.31. The molecule has 0 amide bonds. The van der Waals surface area contributed by atoms with Gasteiger partial charge in [-0.15, -0.1) is 0 Å². The van der Waals surface area contributed by atoms with E-state index in [4.69, 9.17) is 44.1 Å². The van der Waals surface area contributed by atoms with Gasteiger partial charge in [-0.1, -0.05) is 71.7 Å². The van der Waals surface area contributed by atoms with Gasteiger partial charge in [0.15, 0.2) is 0 Å². The first-order valence-corrected chi connectivity index (χ1v) is 10.1. The van der Waals surface area contributed by atoms with Crippen LogP contribution in [0.4, 0.5) is 11.4 Å². The highest BCUT2D eigenvalue weighted by molar-refractivity contribution is 6.51. The van der Waals surface area contributed by atoms with Crippen LogP contribution in [-0.2, 0) is 0 Å². The van der Waals surface area contributed by atoms with Crippen LogP contribution in [0, 0.1) is 0 Å². The fraction of sp³-hybridized carbons (Fsp3) is 0.0833. The zero-order valence-corrected chi connectivity index (χ0v) is 17.5. The number of alkyl halides is 2. The Hall–Kier alpha value is -3.08. The molecule has 3 aromatic rings. The fourth-order valence-electron chi connectivity index (χ4n) is 3.20. The van der Waals surface area contributed by atoms with Crippen LogP contribution in [0.15, 0.2) is 97.1 Å². The molecule has 6 heteroatoms. The van der Waals surface area contributed by atoms with Gasteiger partial charge in [0.25, 0.3) is 0 Å². The van der Waals surface area contributed by atoms with Gasteiger partial charge in [-0.25, -0.2) is 0 Å². The van der Waals surface area contributed by atoms with Gasteiger partial charge in [0.1, 0.15) is 11.5 Å². The van der Waals surface area contributed by atoms with E-state index >= 15 is 0 Å². The maximum Gasteiger partial charge on any atom is 0.308 e. The molecule has 1 aliphatic rings. The summed E-state index contributed by atoms with van der Waals surface area (Å²) in [5, 5.41) is 0. The van der Waals surface area contributed by atoms with Gasteiger partial charge in [-0.2, -0.15) is 0 Å². The van der Waals surface area contributed by atoms with Crippen molar-refractivity contribution in [3.63, 3.8) is 0 Å². The Morgan fingerprint density at radius 3 is 1.77 bits per heavy atom. The van der Waals surface area contributed by atoms with E-state index in [2.05, 4.69) is 0 Å². The minimum Gasteiger partial charge on any atom is -0.446 e. The van der Waals surface area contributed by atoms with Crippen molar-refractivity contribution >= 4 is 40.1 Å². The molecule has 4 nitrogen and oxygen atoms in total. The Morgan fingerprint density at radius 2 is 1.27 bits per heavy atom. The molecule has 3 aromatic carbocycles. The molecule has 0 radical (unpaired) electrons. The Bertz CT molecular complexity index is 1060. The highest BCUT2D eigenvalue weighted by atomic mass is 35.5. The van der Waals surface area contributed by atoms with Crippen molar-refractivity contribution in [2.24, 2.45) is 0 Å². The third-order valence-electron chi connectivity index (χ3n) is 4.65. The van der Waals surface area contributed by atoms with E-state index in [1.165, 1.54) is 0 Å². The van der Waals surface area contributed by atoms with E-state index in [-0.39, 0.29) is 0 Å². The lowest BCUT2D eigenvalue weighted by molar-refractivity contribution is -0.0746. The highest BCUT2D eigenvalue weighted by Gasteiger charge is 2.54. The summed E-state index contributed by atoms with van der Waals surface area (Å²) < 4.78 is 10.9. The topological polar surface area (TPSA) is 70.5 Å². The van der Waals surface area contributed by atoms with Crippen LogP contribution in [-0.4, -0.2) is 10.1 Å². The molecule has 4 N–H and O–H groups in total. The summed E-state index contributed by atoms with van der Waals surface area (Å²) in [5.74, 6) is -0.632. The van der Waals surface area contributed by atoms with Crippen molar-refractivity contribution in [2.45, 2.75) is 10.1 Å². The van der Waals surface area contributed by atoms with Gasteiger partial charge in [-0.3, -0.25) is 0 Å². The number of hydrogen-bond acceptors (Lipinski definition) is 4. The molecule has 0 unspecified atom stereocenters. The van der Waals surface area contributed by atoms with Gasteiger partial charge in [0.05, 0.1) is 0 Å². The molecule has 1 aliphatic carbocycles. The summed E-state index contributed by atoms with van der Waals surface area (Å²) >= 11 is 13.7. The zero-order valence-electron chi connectivity index (χ0n) is 16.0. The number of ether oxygens (including phenoxy) is 2. The second-order valence-corrected chi connectivity index (χ2v) is 8.32. The minimum absolute atomic E-state index is 0.464. The lowest BCUT2D eigenvalue weighted by Gasteiger charge is -2.41. The Morgan fingerprint density at radius 1 is 0.700 bits per heavy atom. The van der Waals surface area contributed by atoms with Crippen molar-refractivity contribution < 1.29 is 9.47 Å². The van der Waals surface area contributed by atoms with E-state index in [0.29, 0.717) is 22.9 Å². The standard InChI is InChI=1S/C24H20Cl2N2O2/c25-23(26)16-18(17-6-2-1-3-7-17)12-13-24(23,29-21-10-4-8-19(27)14-21)30-22-11-5-9-20(28)15-22/h1-16H,27-28H2. The number of benzene rings is 3. The summed E-state index contributed by atoms with van der Waals surface area (Å²) in [6.45, 7) is 0. The van der Waals surface area contributed by atoms with Crippen LogP contribution in [0.25, 0.3) is 5.57 Å². The zero-order chi connectivity index (χ0) is 21.2. The van der Waals surface area contributed by atoms with Crippen molar-refractivity contribution in [1.29, 1.82) is 0 Å². The Balaban J connectivity index is 1.77. The molecule has 4 rings (SSSR count). The van der Waals surface area contributed by atoms with E-state index in [9.17, 15) is 0 Å². The Labute approximate surface area is 185 Å². The number of anilines is 2. The largest absolute Gasteiger partial charge is 0.446 e. The predicted molar refractivity (Wildman–Crippen MR) is 124 cm³/mol. The smallest absolute Gasteiger partial charge is 0.308 e. The molecule has 0 spiro atoms. The first kappa shape index (κ1) is 20.2. The molecule has 152 valence electrons. The normalized spacial score (nSPS) is 16.5. The molecule has 0 fully saturated rings. The van der Waals surface area contributed by atoms with Crippen LogP contribution in [0.3, 0.4) is 0 Å². The number of allylic oxidation sites excluding steroid dienone is 2. The molecule has 0 atom stereocenters. The summed E-state index contributed by atoms with van der Waals surface area (Å²) in [6.07, 6.45) is 5.29. The van der Waals surface area contributed by atoms with E-state index in [1.807, 2.05) is 36.4 Å². The van der Waals surface area contributed by atoms with E-state index in [1.54, 1.807) is 60.7 Å². The molecule has 0 saturated carbocycles. The van der Waals surface area contributed by atoms with Crippen molar-refractivity contribution in [2.75, 3.05) is 11.5 Å². The lowest BCUT2D eigenvalue weighted by Crippen LogP contribution is -2.55. The molecule has 30 heavy (non-hydrogen) atoms. The SMILES string of the molecule is Nc1cccc(OC2(Oc3cccc(N)c3)C=CC(c3ccccc3)=CC2(Cl)Cl)c1. The van der Waals surface area contributed by atoms with E-state index in [0.717, 1.165) is 11.1 Å². The molecule has 0 aromatic heterocycles. The number of rotatable bonds is 5. The maximum absolute atomic E-state index is 6.84. The lowest BCUT2D eigenvalue weighted by atomic mass is 9.95. The second-order valence-electron chi connectivity index (χ2n) is 6.94. The number of nitrogens with two attached hydrogens (primary N) is 2.